The first-order chi connectivity index (χ1) is 9.56. The van der Waals surface area contributed by atoms with Crippen LogP contribution in [0.4, 0.5) is 0 Å². The summed E-state index contributed by atoms with van der Waals surface area (Å²) in [6.07, 6.45) is 0.916. The topological polar surface area (TPSA) is 56.8 Å². The first kappa shape index (κ1) is 15.1. The lowest BCUT2D eigenvalue weighted by atomic mass is 10.0. The van der Waals surface area contributed by atoms with Gasteiger partial charge in [0.05, 0.1) is 11.6 Å². The fourth-order valence-corrected chi connectivity index (χ4v) is 2.55. The fraction of sp³-hybridized carbons (Fsp3) is 0.500. The van der Waals surface area contributed by atoms with Crippen LogP contribution < -0.4 is 14.8 Å². The van der Waals surface area contributed by atoms with E-state index in [1.165, 1.54) is 7.11 Å². The molecule has 1 aromatic rings. The lowest BCUT2D eigenvalue weighted by Crippen LogP contribution is -2.35. The average Bonchev–Trinajstić information content (AvgIpc) is 2.92. The van der Waals surface area contributed by atoms with Crippen LogP contribution in [0, 0.1) is 0 Å². The van der Waals surface area contributed by atoms with Crippen molar-refractivity contribution >= 4 is 21.9 Å². The molecule has 0 spiro atoms. The van der Waals surface area contributed by atoms with Crippen molar-refractivity contribution in [3.8, 4) is 11.5 Å². The summed E-state index contributed by atoms with van der Waals surface area (Å²) < 4.78 is 16.4. The third kappa shape index (κ3) is 3.07. The van der Waals surface area contributed by atoms with Crippen LogP contribution in [0.1, 0.15) is 31.9 Å². The highest BCUT2D eigenvalue weighted by molar-refractivity contribution is 9.10. The molecule has 1 aliphatic rings. The summed E-state index contributed by atoms with van der Waals surface area (Å²) in [6.45, 7) is 4.28. The second-order valence-corrected chi connectivity index (χ2v) is 5.52. The Hall–Kier alpha value is -1.27. The third-order valence-electron chi connectivity index (χ3n) is 3.28. The molecule has 0 amide bonds. The molecule has 1 N–H and O–H groups in total. The van der Waals surface area contributed by atoms with Gasteiger partial charge in [0, 0.05) is 6.04 Å². The first-order valence-corrected chi connectivity index (χ1v) is 7.29. The van der Waals surface area contributed by atoms with Crippen molar-refractivity contribution < 1.29 is 19.0 Å². The van der Waals surface area contributed by atoms with Crippen LogP contribution in [0.5, 0.6) is 11.5 Å². The summed E-state index contributed by atoms with van der Waals surface area (Å²) in [4.78, 5) is 12.0. The number of nitrogens with one attached hydrogen (secondary N) is 1. The van der Waals surface area contributed by atoms with Gasteiger partial charge in [-0.15, -0.1) is 0 Å². The van der Waals surface area contributed by atoms with Crippen molar-refractivity contribution in [1.82, 2.24) is 5.32 Å². The first-order valence-electron chi connectivity index (χ1n) is 6.49. The van der Waals surface area contributed by atoms with Gasteiger partial charge in [0.1, 0.15) is 6.04 Å². The molecule has 0 aliphatic carbocycles. The van der Waals surface area contributed by atoms with Crippen molar-refractivity contribution in [3.63, 3.8) is 0 Å². The van der Waals surface area contributed by atoms with Gasteiger partial charge in [0.25, 0.3) is 0 Å². The second-order valence-electron chi connectivity index (χ2n) is 4.67. The number of methoxy groups -OCH3 is 1. The molecule has 20 heavy (non-hydrogen) atoms. The third-order valence-corrected chi connectivity index (χ3v) is 3.87. The predicted octanol–water partition coefficient (Wildman–Crippen LogP) is 2.78. The number of halogens is 1. The highest BCUT2D eigenvalue weighted by atomic mass is 79.9. The van der Waals surface area contributed by atoms with E-state index >= 15 is 0 Å². The molecule has 110 valence electrons. The molecule has 0 saturated heterocycles. The van der Waals surface area contributed by atoms with Gasteiger partial charge in [0.2, 0.25) is 6.79 Å². The molecular weight excluding hydrogens is 326 g/mol. The molecule has 6 heteroatoms. The van der Waals surface area contributed by atoms with Crippen LogP contribution in [0.2, 0.25) is 0 Å². The molecule has 1 aromatic carbocycles. The lowest BCUT2D eigenvalue weighted by molar-refractivity contribution is -0.143. The Morgan fingerprint density at radius 3 is 2.90 bits per heavy atom. The molecule has 5 nitrogen and oxygen atoms in total. The van der Waals surface area contributed by atoms with Crippen molar-refractivity contribution in [2.45, 2.75) is 32.4 Å². The summed E-state index contributed by atoms with van der Waals surface area (Å²) in [7, 11) is 1.38. The molecule has 0 radical (unpaired) electrons. The zero-order valence-corrected chi connectivity index (χ0v) is 13.3. The normalized spacial score (nSPS) is 15.8. The Kier molecular flexibility index (Phi) is 4.88. The highest BCUT2D eigenvalue weighted by Gasteiger charge is 2.27. The minimum Gasteiger partial charge on any atom is -0.468 e. The maximum atomic E-state index is 12.0. The quantitative estimate of drug-likeness (QED) is 0.833. The molecular formula is C14H18BrNO4. The van der Waals surface area contributed by atoms with Crippen molar-refractivity contribution in [2.24, 2.45) is 0 Å². The standard InChI is InChI=1S/C14H18BrNO4/c1-4-8(2)16-12(14(17)18-3)9-5-10(15)13-11(6-9)19-7-20-13/h5-6,8,12,16H,4,7H2,1-3H3. The van der Waals surface area contributed by atoms with Gasteiger partial charge in [-0.3, -0.25) is 5.32 Å². The molecule has 0 bridgehead atoms. The van der Waals surface area contributed by atoms with Gasteiger partial charge >= 0.3 is 5.97 Å². The van der Waals surface area contributed by atoms with Crippen molar-refractivity contribution in [1.29, 1.82) is 0 Å². The van der Waals surface area contributed by atoms with Crippen LogP contribution in [0.3, 0.4) is 0 Å². The number of carbonyl (C=O) groups is 1. The van der Waals surface area contributed by atoms with Gasteiger partial charge in [-0.05, 0) is 47.0 Å². The summed E-state index contributed by atoms with van der Waals surface area (Å²) in [5, 5.41) is 3.26. The van der Waals surface area contributed by atoms with Crippen LogP contribution in [-0.4, -0.2) is 25.9 Å². The Morgan fingerprint density at radius 2 is 2.25 bits per heavy atom. The fourth-order valence-electron chi connectivity index (χ4n) is 1.97. The number of ether oxygens (including phenoxy) is 3. The number of hydrogen-bond acceptors (Lipinski definition) is 5. The van der Waals surface area contributed by atoms with E-state index in [1.807, 2.05) is 19.1 Å². The van der Waals surface area contributed by atoms with Crippen LogP contribution >= 0.6 is 15.9 Å². The molecule has 0 aromatic heterocycles. The van der Waals surface area contributed by atoms with E-state index in [1.54, 1.807) is 0 Å². The van der Waals surface area contributed by atoms with E-state index in [4.69, 9.17) is 14.2 Å². The molecule has 1 heterocycles. The number of hydrogen-bond donors (Lipinski definition) is 1. The monoisotopic (exact) mass is 343 g/mol. The van der Waals surface area contributed by atoms with Crippen LogP contribution in [0.15, 0.2) is 16.6 Å². The maximum absolute atomic E-state index is 12.0. The van der Waals surface area contributed by atoms with E-state index in [2.05, 4.69) is 28.2 Å². The maximum Gasteiger partial charge on any atom is 0.327 e. The SMILES string of the molecule is CCC(C)NC(C(=O)OC)c1cc(Br)c2c(c1)OCO2. The summed E-state index contributed by atoms with van der Waals surface area (Å²) in [5.74, 6) is 0.978. The summed E-state index contributed by atoms with van der Waals surface area (Å²) in [5.41, 5.74) is 0.785. The number of carbonyl (C=O) groups excluding carboxylic acids is 1. The lowest BCUT2D eigenvalue weighted by Gasteiger charge is -2.21. The Morgan fingerprint density at radius 1 is 1.50 bits per heavy atom. The summed E-state index contributed by atoms with van der Waals surface area (Å²) >= 11 is 3.44. The average molecular weight is 344 g/mol. The molecule has 2 atom stereocenters. The minimum absolute atomic E-state index is 0.194. The Labute approximate surface area is 126 Å². The number of esters is 1. The zero-order chi connectivity index (χ0) is 14.7. The molecule has 0 saturated carbocycles. The Balaban J connectivity index is 2.33. The van der Waals surface area contributed by atoms with E-state index in [-0.39, 0.29) is 18.8 Å². The van der Waals surface area contributed by atoms with E-state index in [0.29, 0.717) is 11.5 Å². The predicted molar refractivity (Wildman–Crippen MR) is 77.9 cm³/mol. The number of rotatable bonds is 5. The molecule has 2 unspecified atom stereocenters. The minimum atomic E-state index is -0.527. The van der Waals surface area contributed by atoms with Crippen molar-refractivity contribution in [2.75, 3.05) is 13.9 Å². The number of fused-ring (bicyclic) bond motifs is 1. The van der Waals surface area contributed by atoms with Gasteiger partial charge in [0.15, 0.2) is 11.5 Å². The molecule has 0 fully saturated rings. The number of benzene rings is 1. The van der Waals surface area contributed by atoms with E-state index in [0.717, 1.165) is 16.5 Å². The Bertz CT molecular complexity index is 506. The van der Waals surface area contributed by atoms with Gasteiger partial charge in [-0.1, -0.05) is 6.92 Å². The van der Waals surface area contributed by atoms with Gasteiger partial charge in [-0.25, -0.2) is 4.79 Å². The van der Waals surface area contributed by atoms with Crippen LogP contribution in [0.25, 0.3) is 0 Å². The molecule has 2 rings (SSSR count). The largest absolute Gasteiger partial charge is 0.468 e. The zero-order valence-electron chi connectivity index (χ0n) is 11.7. The van der Waals surface area contributed by atoms with E-state index < -0.39 is 6.04 Å². The van der Waals surface area contributed by atoms with Crippen LogP contribution in [-0.2, 0) is 9.53 Å². The second kappa shape index (κ2) is 6.45. The van der Waals surface area contributed by atoms with E-state index in [9.17, 15) is 4.79 Å². The smallest absolute Gasteiger partial charge is 0.327 e. The summed E-state index contributed by atoms with van der Waals surface area (Å²) in [6, 6.07) is 3.33. The highest BCUT2D eigenvalue weighted by Crippen LogP contribution is 2.41. The van der Waals surface area contributed by atoms with Gasteiger partial charge < -0.3 is 14.2 Å². The van der Waals surface area contributed by atoms with Crippen molar-refractivity contribution in [3.05, 3.63) is 22.2 Å². The van der Waals surface area contributed by atoms with Gasteiger partial charge in [-0.2, -0.15) is 0 Å². The molecule has 1 aliphatic heterocycles.